The van der Waals surface area contributed by atoms with Gasteiger partial charge < -0.3 is 5.32 Å². The third-order valence-corrected chi connectivity index (χ3v) is 2.57. The van der Waals surface area contributed by atoms with Gasteiger partial charge in [-0.3, -0.25) is 4.68 Å². The lowest BCUT2D eigenvalue weighted by Crippen LogP contribution is -2.21. The normalized spacial score (nSPS) is 11.6. The van der Waals surface area contributed by atoms with E-state index in [9.17, 15) is 0 Å². The van der Waals surface area contributed by atoms with Crippen molar-refractivity contribution in [3.05, 3.63) is 18.0 Å². The minimum atomic E-state index is 0.532. The molecule has 3 nitrogen and oxygen atoms in total. The molecule has 0 amide bonds. The minimum absolute atomic E-state index is 0.532. The van der Waals surface area contributed by atoms with Crippen LogP contribution in [0.25, 0.3) is 0 Å². The quantitative estimate of drug-likeness (QED) is 0.770. The summed E-state index contributed by atoms with van der Waals surface area (Å²) in [4.78, 5) is 0. The van der Waals surface area contributed by atoms with Gasteiger partial charge in [0.25, 0.3) is 0 Å². The zero-order chi connectivity index (χ0) is 12.0. The van der Waals surface area contributed by atoms with Gasteiger partial charge in [-0.25, -0.2) is 0 Å². The van der Waals surface area contributed by atoms with Gasteiger partial charge in [0.2, 0.25) is 0 Å². The fourth-order valence-electron chi connectivity index (χ4n) is 1.60. The van der Waals surface area contributed by atoms with Gasteiger partial charge in [-0.1, -0.05) is 27.7 Å². The molecule has 0 atom stereocenters. The van der Waals surface area contributed by atoms with E-state index in [1.807, 2.05) is 6.20 Å². The van der Waals surface area contributed by atoms with Gasteiger partial charge in [0, 0.05) is 30.9 Å². The van der Waals surface area contributed by atoms with E-state index in [1.54, 1.807) is 0 Å². The highest BCUT2D eigenvalue weighted by Crippen LogP contribution is 2.06. The monoisotopic (exact) mass is 223 g/mol. The minimum Gasteiger partial charge on any atom is -0.310 e. The maximum atomic E-state index is 4.37. The second-order valence-electron chi connectivity index (χ2n) is 5.18. The van der Waals surface area contributed by atoms with Crippen LogP contribution in [0.5, 0.6) is 0 Å². The van der Waals surface area contributed by atoms with Crippen molar-refractivity contribution in [3.8, 4) is 0 Å². The molecule has 0 bridgehead atoms. The van der Waals surface area contributed by atoms with Gasteiger partial charge in [0.1, 0.15) is 0 Å². The summed E-state index contributed by atoms with van der Waals surface area (Å²) in [5, 5.41) is 7.76. The van der Waals surface area contributed by atoms with E-state index < -0.39 is 0 Å². The van der Waals surface area contributed by atoms with Crippen LogP contribution in [-0.2, 0) is 13.1 Å². The van der Waals surface area contributed by atoms with Crippen molar-refractivity contribution in [1.29, 1.82) is 0 Å². The van der Waals surface area contributed by atoms with Crippen molar-refractivity contribution in [3.63, 3.8) is 0 Å². The predicted octanol–water partition coefficient (Wildman–Crippen LogP) is 2.82. The second-order valence-corrected chi connectivity index (χ2v) is 5.18. The van der Waals surface area contributed by atoms with Gasteiger partial charge in [0.15, 0.2) is 0 Å². The van der Waals surface area contributed by atoms with Gasteiger partial charge in [-0.15, -0.1) is 0 Å². The lowest BCUT2D eigenvalue weighted by molar-refractivity contribution is 0.489. The van der Waals surface area contributed by atoms with Gasteiger partial charge >= 0.3 is 0 Å². The largest absolute Gasteiger partial charge is 0.310 e. The number of nitrogens with one attached hydrogen (secondary N) is 1. The summed E-state index contributed by atoms with van der Waals surface area (Å²) in [5.41, 5.74) is 1.28. The van der Waals surface area contributed by atoms with Crippen molar-refractivity contribution in [1.82, 2.24) is 15.1 Å². The average Bonchev–Trinajstić information content (AvgIpc) is 2.62. The molecular formula is C13H25N3. The Balaban J connectivity index is 2.28. The Bertz CT molecular complexity index is 289. The van der Waals surface area contributed by atoms with Crippen molar-refractivity contribution < 1.29 is 0 Å². The zero-order valence-corrected chi connectivity index (χ0v) is 11.0. The first-order chi connectivity index (χ1) is 7.58. The highest BCUT2D eigenvalue weighted by Gasteiger charge is 2.00. The van der Waals surface area contributed by atoms with E-state index in [2.05, 4.69) is 49.0 Å². The number of hydrogen-bond donors (Lipinski definition) is 1. The summed E-state index contributed by atoms with van der Waals surface area (Å²) < 4.78 is 2.06. The molecule has 0 saturated carbocycles. The van der Waals surface area contributed by atoms with Gasteiger partial charge in [-0.2, -0.15) is 5.10 Å². The molecule has 0 spiro atoms. The molecule has 0 aromatic carbocycles. The molecule has 92 valence electrons. The summed E-state index contributed by atoms with van der Waals surface area (Å²) in [7, 11) is 0. The highest BCUT2D eigenvalue weighted by atomic mass is 15.3. The van der Waals surface area contributed by atoms with E-state index >= 15 is 0 Å². The van der Waals surface area contributed by atoms with E-state index in [4.69, 9.17) is 0 Å². The molecule has 0 radical (unpaired) electrons. The van der Waals surface area contributed by atoms with Crippen molar-refractivity contribution in [2.24, 2.45) is 5.92 Å². The number of nitrogens with zero attached hydrogens (tertiary/aromatic N) is 2. The molecule has 16 heavy (non-hydrogen) atoms. The van der Waals surface area contributed by atoms with Crippen LogP contribution in [0.2, 0.25) is 0 Å². The summed E-state index contributed by atoms with van der Waals surface area (Å²) in [6.07, 6.45) is 6.61. The number of aromatic nitrogens is 2. The third-order valence-electron chi connectivity index (χ3n) is 2.57. The Morgan fingerprint density at radius 2 is 2.06 bits per heavy atom. The summed E-state index contributed by atoms with van der Waals surface area (Å²) in [6, 6.07) is 0.532. The van der Waals surface area contributed by atoms with Crippen LogP contribution in [0, 0.1) is 5.92 Å². The molecule has 1 N–H and O–H groups in total. The van der Waals surface area contributed by atoms with E-state index in [0.29, 0.717) is 6.04 Å². The van der Waals surface area contributed by atoms with E-state index in [-0.39, 0.29) is 0 Å². The second kappa shape index (κ2) is 6.69. The number of aryl methyl sites for hydroxylation is 1. The first-order valence-electron chi connectivity index (χ1n) is 6.32. The molecule has 1 rings (SSSR count). The summed E-state index contributed by atoms with van der Waals surface area (Å²) in [5.74, 6) is 0.789. The summed E-state index contributed by atoms with van der Waals surface area (Å²) in [6.45, 7) is 10.8. The fraction of sp³-hybridized carbons (Fsp3) is 0.769. The Hall–Kier alpha value is -0.830. The smallest absolute Gasteiger partial charge is 0.0534 e. The SMILES string of the molecule is CC(C)CCCn1cc(CNC(C)C)cn1. The first kappa shape index (κ1) is 13.2. The van der Waals surface area contributed by atoms with Crippen LogP contribution in [0.15, 0.2) is 12.4 Å². The van der Waals surface area contributed by atoms with Crippen LogP contribution < -0.4 is 5.32 Å². The fourth-order valence-corrected chi connectivity index (χ4v) is 1.60. The Morgan fingerprint density at radius 3 is 2.69 bits per heavy atom. The van der Waals surface area contributed by atoms with Crippen LogP contribution in [0.4, 0.5) is 0 Å². The molecule has 0 saturated heterocycles. The topological polar surface area (TPSA) is 29.9 Å². The Labute approximate surface area is 99.2 Å². The molecule has 1 aromatic rings. The Kier molecular flexibility index (Phi) is 5.53. The van der Waals surface area contributed by atoms with Crippen molar-refractivity contribution >= 4 is 0 Å². The molecule has 3 heteroatoms. The van der Waals surface area contributed by atoms with Crippen molar-refractivity contribution in [2.45, 2.75) is 59.7 Å². The lowest BCUT2D eigenvalue weighted by atomic mass is 10.1. The molecule has 1 aromatic heterocycles. The number of hydrogen-bond acceptors (Lipinski definition) is 2. The molecular weight excluding hydrogens is 198 g/mol. The van der Waals surface area contributed by atoms with Crippen LogP contribution in [0.3, 0.4) is 0 Å². The third kappa shape index (κ3) is 5.31. The molecule has 0 aliphatic rings. The van der Waals surface area contributed by atoms with Gasteiger partial charge in [0.05, 0.1) is 6.20 Å². The van der Waals surface area contributed by atoms with Crippen LogP contribution in [-0.4, -0.2) is 15.8 Å². The maximum absolute atomic E-state index is 4.37. The van der Waals surface area contributed by atoms with E-state index in [0.717, 1.165) is 19.0 Å². The molecule has 0 aliphatic heterocycles. The standard InChI is InChI=1S/C13H25N3/c1-11(2)6-5-7-16-10-13(9-15-16)8-14-12(3)4/h9-12,14H,5-8H2,1-4H3. The predicted molar refractivity (Wildman–Crippen MR) is 68.3 cm³/mol. The average molecular weight is 223 g/mol. The van der Waals surface area contributed by atoms with E-state index in [1.165, 1.54) is 18.4 Å². The van der Waals surface area contributed by atoms with Crippen LogP contribution in [0.1, 0.15) is 46.1 Å². The summed E-state index contributed by atoms with van der Waals surface area (Å²) >= 11 is 0. The zero-order valence-electron chi connectivity index (χ0n) is 11.0. The van der Waals surface area contributed by atoms with Crippen molar-refractivity contribution in [2.75, 3.05) is 0 Å². The molecule has 0 fully saturated rings. The number of rotatable bonds is 7. The first-order valence-corrected chi connectivity index (χ1v) is 6.32. The lowest BCUT2D eigenvalue weighted by Gasteiger charge is -2.05. The molecule has 0 aliphatic carbocycles. The highest BCUT2D eigenvalue weighted by molar-refractivity contribution is 5.03. The Morgan fingerprint density at radius 1 is 1.31 bits per heavy atom. The maximum Gasteiger partial charge on any atom is 0.0534 e. The molecule has 0 unspecified atom stereocenters. The van der Waals surface area contributed by atoms with Crippen LogP contribution >= 0.6 is 0 Å². The van der Waals surface area contributed by atoms with Gasteiger partial charge in [-0.05, 0) is 18.8 Å². The molecule has 1 heterocycles.